The van der Waals surface area contributed by atoms with Crippen LogP contribution in [0.25, 0.3) is 0 Å². The lowest BCUT2D eigenvalue weighted by molar-refractivity contribution is -0.384. The molecule has 0 saturated heterocycles. The molecule has 0 unspecified atom stereocenters. The van der Waals surface area contributed by atoms with Gasteiger partial charge in [0, 0.05) is 18.2 Å². The van der Waals surface area contributed by atoms with Crippen molar-refractivity contribution in [2.45, 2.75) is 11.4 Å². The number of hydrogen-bond acceptors (Lipinski definition) is 6. The van der Waals surface area contributed by atoms with Crippen molar-refractivity contribution in [3.05, 3.63) is 63.2 Å². The summed E-state index contributed by atoms with van der Waals surface area (Å²) in [5, 5.41) is 13.2. The second-order valence-corrected chi connectivity index (χ2v) is 7.46. The zero-order valence-electron chi connectivity index (χ0n) is 14.1. The molecular formula is C16H16ClN3O6S. The smallest absolute Gasteiger partial charge is 0.289 e. The Balaban J connectivity index is 1.99. The summed E-state index contributed by atoms with van der Waals surface area (Å²) >= 11 is 5.66. The minimum atomic E-state index is -4.12. The number of carbonyl (C=O) groups excluding carboxylic acids is 1. The lowest BCUT2D eigenvalue weighted by Gasteiger charge is -2.10. The zero-order valence-corrected chi connectivity index (χ0v) is 15.7. The number of amides is 1. The maximum atomic E-state index is 12.2. The Morgan fingerprint density at radius 3 is 2.63 bits per heavy atom. The predicted octanol–water partition coefficient (Wildman–Crippen LogP) is 1.85. The highest BCUT2D eigenvalue weighted by atomic mass is 35.5. The fourth-order valence-corrected chi connectivity index (χ4v) is 3.34. The Kier molecular flexibility index (Phi) is 6.72. The molecule has 1 amide bonds. The number of halogens is 1. The number of nitrogens with one attached hydrogen (secondary N) is 2. The SMILES string of the molecule is COc1ccccc1CNC(=O)CNS(=O)(=O)c1ccc(Cl)c([N+](=O)[O-])c1. The number of hydrogen-bond donors (Lipinski definition) is 2. The molecule has 0 aliphatic carbocycles. The molecule has 0 heterocycles. The topological polar surface area (TPSA) is 128 Å². The molecule has 144 valence electrons. The molecule has 27 heavy (non-hydrogen) atoms. The fourth-order valence-electron chi connectivity index (χ4n) is 2.15. The van der Waals surface area contributed by atoms with Gasteiger partial charge in [-0.1, -0.05) is 29.8 Å². The van der Waals surface area contributed by atoms with Crippen LogP contribution in [-0.2, 0) is 21.4 Å². The van der Waals surface area contributed by atoms with Crippen LogP contribution >= 0.6 is 11.6 Å². The summed E-state index contributed by atoms with van der Waals surface area (Å²) in [6.45, 7) is -0.384. The quantitative estimate of drug-likeness (QED) is 0.502. The van der Waals surface area contributed by atoms with Gasteiger partial charge in [0.05, 0.1) is 23.5 Å². The van der Waals surface area contributed by atoms with Gasteiger partial charge < -0.3 is 10.1 Å². The lowest BCUT2D eigenvalue weighted by Crippen LogP contribution is -2.36. The van der Waals surface area contributed by atoms with Gasteiger partial charge in [-0.05, 0) is 18.2 Å². The van der Waals surface area contributed by atoms with Gasteiger partial charge in [0.25, 0.3) is 5.69 Å². The monoisotopic (exact) mass is 413 g/mol. The first-order valence-corrected chi connectivity index (χ1v) is 9.43. The van der Waals surface area contributed by atoms with E-state index in [9.17, 15) is 23.3 Å². The van der Waals surface area contributed by atoms with E-state index in [2.05, 4.69) is 10.0 Å². The van der Waals surface area contributed by atoms with Crippen LogP contribution in [0.2, 0.25) is 5.02 Å². The molecule has 0 saturated carbocycles. The molecule has 2 N–H and O–H groups in total. The molecule has 9 nitrogen and oxygen atoms in total. The summed E-state index contributed by atoms with van der Waals surface area (Å²) in [6.07, 6.45) is 0. The highest BCUT2D eigenvalue weighted by molar-refractivity contribution is 7.89. The molecule has 0 aromatic heterocycles. The van der Waals surface area contributed by atoms with Crippen molar-refractivity contribution in [2.75, 3.05) is 13.7 Å². The number of nitro groups is 1. The maximum Gasteiger partial charge on any atom is 0.289 e. The van der Waals surface area contributed by atoms with E-state index in [1.54, 1.807) is 24.3 Å². The van der Waals surface area contributed by atoms with Crippen LogP contribution in [-0.4, -0.2) is 32.9 Å². The second kappa shape index (κ2) is 8.80. The molecule has 0 aliphatic rings. The highest BCUT2D eigenvalue weighted by Gasteiger charge is 2.21. The molecule has 2 aromatic carbocycles. The molecule has 0 fully saturated rings. The molecular weight excluding hydrogens is 398 g/mol. The Morgan fingerprint density at radius 1 is 1.26 bits per heavy atom. The van der Waals surface area contributed by atoms with Crippen LogP contribution in [0.1, 0.15) is 5.56 Å². The van der Waals surface area contributed by atoms with Crippen molar-refractivity contribution in [2.24, 2.45) is 0 Å². The summed E-state index contributed by atoms with van der Waals surface area (Å²) in [4.78, 5) is 21.6. The fraction of sp³-hybridized carbons (Fsp3) is 0.188. The summed E-state index contributed by atoms with van der Waals surface area (Å²) in [6, 6.07) is 10.1. The number of methoxy groups -OCH3 is 1. The summed E-state index contributed by atoms with van der Waals surface area (Å²) in [5.41, 5.74) is 0.185. The minimum Gasteiger partial charge on any atom is -0.496 e. The molecule has 2 rings (SSSR count). The number of sulfonamides is 1. The van der Waals surface area contributed by atoms with E-state index in [-0.39, 0.29) is 16.5 Å². The molecule has 0 radical (unpaired) electrons. The minimum absolute atomic E-state index is 0.150. The van der Waals surface area contributed by atoms with Crippen molar-refractivity contribution >= 4 is 33.2 Å². The zero-order chi connectivity index (χ0) is 20.0. The van der Waals surface area contributed by atoms with E-state index in [4.69, 9.17) is 16.3 Å². The van der Waals surface area contributed by atoms with E-state index in [0.29, 0.717) is 5.75 Å². The van der Waals surface area contributed by atoms with Gasteiger partial charge in [-0.3, -0.25) is 14.9 Å². The summed E-state index contributed by atoms with van der Waals surface area (Å²) < 4.78 is 31.7. The van der Waals surface area contributed by atoms with Crippen LogP contribution in [0, 0.1) is 10.1 Å². The highest BCUT2D eigenvalue weighted by Crippen LogP contribution is 2.26. The third kappa shape index (κ3) is 5.39. The Hall–Kier alpha value is -2.69. The van der Waals surface area contributed by atoms with E-state index in [1.165, 1.54) is 7.11 Å². The largest absolute Gasteiger partial charge is 0.496 e. The molecule has 11 heteroatoms. The number of ether oxygens (including phenoxy) is 1. The van der Waals surface area contributed by atoms with Crippen LogP contribution in [0.5, 0.6) is 5.75 Å². The first-order valence-electron chi connectivity index (χ1n) is 7.57. The van der Waals surface area contributed by atoms with Crippen molar-refractivity contribution in [1.29, 1.82) is 0 Å². The third-order valence-electron chi connectivity index (χ3n) is 3.52. The first-order chi connectivity index (χ1) is 12.7. The van der Waals surface area contributed by atoms with Crippen LogP contribution in [0.3, 0.4) is 0 Å². The van der Waals surface area contributed by atoms with Gasteiger partial charge >= 0.3 is 0 Å². The number of carbonyl (C=O) groups is 1. The predicted molar refractivity (Wildman–Crippen MR) is 98.1 cm³/mol. The average molecular weight is 414 g/mol. The third-order valence-corrected chi connectivity index (χ3v) is 5.23. The number of rotatable bonds is 8. The number of nitrogens with zero attached hydrogens (tertiary/aromatic N) is 1. The second-order valence-electron chi connectivity index (χ2n) is 5.28. The normalized spacial score (nSPS) is 11.0. The summed E-state index contributed by atoms with van der Waals surface area (Å²) in [5.74, 6) is 0.0137. The number of nitro benzene ring substituents is 1. The van der Waals surface area contributed by atoms with Gasteiger partial charge in [-0.25, -0.2) is 13.1 Å². The van der Waals surface area contributed by atoms with E-state index in [0.717, 1.165) is 23.8 Å². The average Bonchev–Trinajstić information content (AvgIpc) is 2.65. The van der Waals surface area contributed by atoms with Gasteiger partial charge in [0.2, 0.25) is 15.9 Å². The van der Waals surface area contributed by atoms with E-state index in [1.807, 2.05) is 0 Å². The van der Waals surface area contributed by atoms with Crippen molar-refractivity contribution < 1.29 is 22.9 Å². The Bertz CT molecular complexity index is 964. The Morgan fingerprint density at radius 2 is 1.96 bits per heavy atom. The number of para-hydroxylation sites is 1. The van der Waals surface area contributed by atoms with Gasteiger partial charge in [-0.15, -0.1) is 0 Å². The van der Waals surface area contributed by atoms with Gasteiger partial charge in [-0.2, -0.15) is 0 Å². The van der Waals surface area contributed by atoms with Crippen molar-refractivity contribution in [1.82, 2.24) is 10.0 Å². The van der Waals surface area contributed by atoms with Gasteiger partial charge in [0.15, 0.2) is 0 Å². The van der Waals surface area contributed by atoms with Gasteiger partial charge in [0.1, 0.15) is 10.8 Å². The number of benzene rings is 2. The lowest BCUT2D eigenvalue weighted by atomic mass is 10.2. The molecule has 2 aromatic rings. The van der Waals surface area contributed by atoms with E-state index < -0.39 is 33.1 Å². The first kappa shape index (κ1) is 20.6. The maximum absolute atomic E-state index is 12.2. The van der Waals surface area contributed by atoms with E-state index >= 15 is 0 Å². The van der Waals surface area contributed by atoms with Crippen LogP contribution in [0.15, 0.2) is 47.4 Å². The van der Waals surface area contributed by atoms with Crippen LogP contribution < -0.4 is 14.8 Å². The standard InChI is InChI=1S/C16H16ClN3O6S/c1-26-15-5-3-2-4-11(15)9-18-16(21)10-19-27(24,25)12-6-7-13(17)14(8-12)20(22)23/h2-8,19H,9-10H2,1H3,(H,18,21). The Labute approximate surface area is 160 Å². The molecule has 0 spiro atoms. The summed E-state index contributed by atoms with van der Waals surface area (Å²) in [7, 11) is -2.62. The van der Waals surface area contributed by atoms with Crippen molar-refractivity contribution in [3.8, 4) is 5.75 Å². The molecule has 0 atom stereocenters. The molecule has 0 aliphatic heterocycles. The van der Waals surface area contributed by atoms with Crippen molar-refractivity contribution in [3.63, 3.8) is 0 Å². The molecule has 0 bridgehead atoms. The van der Waals surface area contributed by atoms with Crippen LogP contribution in [0.4, 0.5) is 5.69 Å².